The number of hydrogen-bond donors (Lipinski definition) is 1. The zero-order chi connectivity index (χ0) is 14.5. The van der Waals surface area contributed by atoms with Crippen molar-refractivity contribution in [3.8, 4) is 17.6 Å². The quantitative estimate of drug-likeness (QED) is 0.921. The summed E-state index contributed by atoms with van der Waals surface area (Å²) in [6.07, 6.45) is -0.388. The molecule has 0 bridgehead atoms. The first kappa shape index (κ1) is 14.0. The van der Waals surface area contributed by atoms with Gasteiger partial charge in [0.1, 0.15) is 5.75 Å². The van der Waals surface area contributed by atoms with Crippen molar-refractivity contribution in [2.75, 3.05) is 0 Å². The van der Waals surface area contributed by atoms with Crippen LogP contribution in [0.25, 0.3) is 0 Å². The number of nitrogens with zero attached hydrogens (tertiary/aromatic N) is 1. The van der Waals surface area contributed by atoms with Crippen molar-refractivity contribution in [3.05, 3.63) is 59.4 Å². The van der Waals surface area contributed by atoms with Crippen LogP contribution in [-0.2, 0) is 6.42 Å². The van der Waals surface area contributed by atoms with E-state index in [9.17, 15) is 9.50 Å². The summed E-state index contributed by atoms with van der Waals surface area (Å²) in [6, 6.07) is 13.3. The lowest BCUT2D eigenvalue weighted by molar-refractivity contribution is 0.198. The molecule has 0 aliphatic rings. The molecule has 0 unspecified atom stereocenters. The van der Waals surface area contributed by atoms with Crippen molar-refractivity contribution in [2.24, 2.45) is 0 Å². The predicted molar refractivity (Wildman–Crippen MR) is 72.9 cm³/mol. The van der Waals surface area contributed by atoms with E-state index in [0.717, 1.165) is 5.56 Å². The maximum atomic E-state index is 13.8. The molecule has 0 heterocycles. The zero-order valence-corrected chi connectivity index (χ0v) is 11.0. The van der Waals surface area contributed by atoms with E-state index in [1.165, 1.54) is 12.1 Å². The summed E-state index contributed by atoms with van der Waals surface area (Å²) < 4.78 is 19.3. The van der Waals surface area contributed by atoms with E-state index in [4.69, 9.17) is 10.00 Å². The molecule has 2 aromatic carbocycles. The normalized spacial score (nSPS) is 11.7. The van der Waals surface area contributed by atoms with E-state index in [1.807, 2.05) is 0 Å². The van der Waals surface area contributed by atoms with E-state index >= 15 is 0 Å². The molecule has 0 aliphatic heterocycles. The van der Waals surface area contributed by atoms with Crippen LogP contribution in [0.4, 0.5) is 4.39 Å². The lowest BCUT2D eigenvalue weighted by Crippen LogP contribution is -1.94. The number of nitriles is 1. The number of aliphatic hydroxyl groups excluding tert-OH is 1. The standard InChI is InChI=1S/C16H14FNO2/c1-11(19)13-4-7-16(15(17)10-13)20-14-5-2-12(3-6-14)8-9-18/h2-7,10-11,19H,8H2,1H3/t11-/m1/s1. The third kappa shape index (κ3) is 3.34. The zero-order valence-electron chi connectivity index (χ0n) is 11.0. The van der Waals surface area contributed by atoms with Gasteiger partial charge in [-0.2, -0.15) is 5.26 Å². The van der Waals surface area contributed by atoms with E-state index < -0.39 is 11.9 Å². The van der Waals surface area contributed by atoms with Crippen molar-refractivity contribution < 1.29 is 14.2 Å². The molecule has 0 spiro atoms. The number of ether oxygens (including phenoxy) is 1. The molecule has 102 valence electrons. The molecule has 2 aromatic rings. The molecule has 20 heavy (non-hydrogen) atoms. The molecule has 0 aliphatic carbocycles. The van der Waals surface area contributed by atoms with Crippen LogP contribution in [0.1, 0.15) is 24.2 Å². The van der Waals surface area contributed by atoms with Crippen LogP contribution in [0.15, 0.2) is 42.5 Å². The molecule has 0 radical (unpaired) electrons. The van der Waals surface area contributed by atoms with Gasteiger partial charge in [0.15, 0.2) is 11.6 Å². The molecule has 0 aromatic heterocycles. The van der Waals surface area contributed by atoms with Crippen LogP contribution < -0.4 is 4.74 Å². The highest BCUT2D eigenvalue weighted by atomic mass is 19.1. The highest BCUT2D eigenvalue weighted by Crippen LogP contribution is 2.27. The van der Waals surface area contributed by atoms with Gasteiger partial charge in [-0.25, -0.2) is 4.39 Å². The van der Waals surface area contributed by atoms with Crippen molar-refractivity contribution >= 4 is 0 Å². The first-order valence-electron chi connectivity index (χ1n) is 6.21. The summed E-state index contributed by atoms with van der Waals surface area (Å²) in [4.78, 5) is 0. The monoisotopic (exact) mass is 271 g/mol. The Morgan fingerprint density at radius 2 is 1.95 bits per heavy atom. The summed E-state index contributed by atoms with van der Waals surface area (Å²) in [5.41, 5.74) is 1.38. The lowest BCUT2D eigenvalue weighted by Gasteiger charge is -2.10. The number of halogens is 1. The molecule has 4 heteroatoms. The average Bonchev–Trinajstić information content (AvgIpc) is 2.43. The Kier molecular flexibility index (Phi) is 4.34. The molecule has 0 saturated carbocycles. The van der Waals surface area contributed by atoms with Gasteiger partial charge < -0.3 is 9.84 Å². The third-order valence-corrected chi connectivity index (χ3v) is 2.87. The number of benzene rings is 2. The second-order valence-corrected chi connectivity index (χ2v) is 4.45. The minimum Gasteiger partial charge on any atom is -0.454 e. The molecule has 3 nitrogen and oxygen atoms in total. The van der Waals surface area contributed by atoms with Crippen LogP contribution in [0.5, 0.6) is 11.5 Å². The fraction of sp³-hybridized carbons (Fsp3) is 0.188. The average molecular weight is 271 g/mol. The highest BCUT2D eigenvalue weighted by molar-refractivity contribution is 5.36. The Morgan fingerprint density at radius 1 is 1.25 bits per heavy atom. The first-order valence-corrected chi connectivity index (χ1v) is 6.21. The van der Waals surface area contributed by atoms with Crippen LogP contribution >= 0.6 is 0 Å². The van der Waals surface area contributed by atoms with Gasteiger partial charge in [-0.1, -0.05) is 18.2 Å². The summed E-state index contributed by atoms with van der Waals surface area (Å²) in [6.45, 7) is 1.57. The highest BCUT2D eigenvalue weighted by Gasteiger charge is 2.08. The molecule has 1 N–H and O–H groups in total. The van der Waals surface area contributed by atoms with E-state index in [0.29, 0.717) is 17.7 Å². The van der Waals surface area contributed by atoms with Gasteiger partial charge in [-0.3, -0.25) is 0 Å². The van der Waals surface area contributed by atoms with Gasteiger partial charge >= 0.3 is 0 Å². The molecule has 0 saturated heterocycles. The van der Waals surface area contributed by atoms with Crippen LogP contribution in [0.2, 0.25) is 0 Å². The molecule has 2 rings (SSSR count). The number of rotatable bonds is 4. The van der Waals surface area contributed by atoms with Gasteiger partial charge in [0.05, 0.1) is 18.6 Å². The van der Waals surface area contributed by atoms with Gasteiger partial charge in [0, 0.05) is 0 Å². The van der Waals surface area contributed by atoms with Gasteiger partial charge in [0.25, 0.3) is 0 Å². The Bertz CT molecular complexity index is 630. The lowest BCUT2D eigenvalue weighted by atomic mass is 10.1. The minimum absolute atomic E-state index is 0.0995. The Hall–Kier alpha value is -2.38. The van der Waals surface area contributed by atoms with Crippen LogP contribution in [-0.4, -0.2) is 5.11 Å². The summed E-state index contributed by atoms with van der Waals surface area (Å²) >= 11 is 0. The Labute approximate surface area is 116 Å². The SMILES string of the molecule is C[C@@H](O)c1ccc(Oc2ccc(CC#N)cc2)c(F)c1. The second-order valence-electron chi connectivity index (χ2n) is 4.45. The van der Waals surface area contributed by atoms with Crippen LogP contribution in [0, 0.1) is 17.1 Å². The predicted octanol–water partition coefficient (Wildman–Crippen LogP) is 3.74. The van der Waals surface area contributed by atoms with Crippen molar-refractivity contribution in [1.29, 1.82) is 5.26 Å². The van der Waals surface area contributed by atoms with Gasteiger partial charge in [-0.05, 0) is 42.3 Å². The fourth-order valence-electron chi connectivity index (χ4n) is 1.75. The Balaban J connectivity index is 2.15. The molecule has 0 amide bonds. The fourth-order valence-corrected chi connectivity index (χ4v) is 1.75. The van der Waals surface area contributed by atoms with Gasteiger partial charge in [0.2, 0.25) is 0 Å². The summed E-state index contributed by atoms with van der Waals surface area (Å²) in [5, 5.41) is 18.0. The van der Waals surface area contributed by atoms with Crippen molar-refractivity contribution in [3.63, 3.8) is 0 Å². The maximum absolute atomic E-state index is 13.8. The van der Waals surface area contributed by atoms with Gasteiger partial charge in [-0.15, -0.1) is 0 Å². The third-order valence-electron chi connectivity index (χ3n) is 2.87. The molecular weight excluding hydrogens is 257 g/mol. The van der Waals surface area contributed by atoms with E-state index in [1.54, 1.807) is 37.3 Å². The molecular formula is C16H14FNO2. The molecule has 1 atom stereocenters. The van der Waals surface area contributed by atoms with Crippen molar-refractivity contribution in [1.82, 2.24) is 0 Å². The maximum Gasteiger partial charge on any atom is 0.166 e. The van der Waals surface area contributed by atoms with E-state index in [2.05, 4.69) is 6.07 Å². The van der Waals surface area contributed by atoms with E-state index in [-0.39, 0.29) is 5.75 Å². The van der Waals surface area contributed by atoms with Crippen molar-refractivity contribution in [2.45, 2.75) is 19.4 Å². The largest absolute Gasteiger partial charge is 0.454 e. The smallest absolute Gasteiger partial charge is 0.166 e. The number of hydrogen-bond acceptors (Lipinski definition) is 3. The molecule has 0 fully saturated rings. The Morgan fingerprint density at radius 3 is 2.50 bits per heavy atom. The van der Waals surface area contributed by atoms with Crippen LogP contribution in [0.3, 0.4) is 0 Å². The first-order chi connectivity index (χ1) is 9.60. The second kappa shape index (κ2) is 6.18. The minimum atomic E-state index is -0.719. The summed E-state index contributed by atoms with van der Waals surface area (Å²) in [7, 11) is 0. The topological polar surface area (TPSA) is 53.2 Å². The summed E-state index contributed by atoms with van der Waals surface area (Å²) in [5.74, 6) is 0.0716. The number of aliphatic hydroxyl groups is 1.